The van der Waals surface area contributed by atoms with Crippen molar-refractivity contribution in [2.75, 3.05) is 11.4 Å². The van der Waals surface area contributed by atoms with Crippen LogP contribution >= 0.6 is 0 Å². The third kappa shape index (κ3) is 2.61. The quantitative estimate of drug-likeness (QED) is 0.613. The summed E-state index contributed by atoms with van der Waals surface area (Å²) >= 11 is 0. The maximum Gasteiger partial charge on any atom is 0.218 e. The Hall–Kier alpha value is -3.36. The molecule has 2 bridgehead atoms. The van der Waals surface area contributed by atoms with Gasteiger partial charge in [0.25, 0.3) is 0 Å². The average Bonchev–Trinajstić information content (AvgIpc) is 3.11. The van der Waals surface area contributed by atoms with E-state index in [0.29, 0.717) is 41.6 Å². The van der Waals surface area contributed by atoms with Gasteiger partial charge in [0, 0.05) is 11.3 Å². The van der Waals surface area contributed by atoms with E-state index in [4.69, 9.17) is 14.5 Å². The second kappa shape index (κ2) is 6.32. The maximum atomic E-state index is 14.1. The molecule has 3 aliphatic rings. The highest BCUT2D eigenvalue weighted by molar-refractivity contribution is 5.75. The Bertz CT molecular complexity index is 1180. The van der Waals surface area contributed by atoms with Crippen LogP contribution in [-0.4, -0.2) is 44.4 Å². The normalized spacial score (nSPS) is 24.9. The Kier molecular flexibility index (Phi) is 3.68. The molecule has 3 atom stereocenters. The number of hydrogen-bond donors (Lipinski definition) is 1. The van der Waals surface area contributed by atoms with E-state index in [1.54, 1.807) is 10.7 Å². The molecule has 6 rings (SSSR count). The first-order valence-electron chi connectivity index (χ1n) is 10.1. The van der Waals surface area contributed by atoms with Crippen molar-refractivity contribution in [3.8, 4) is 11.6 Å². The molecular weight excluding hydrogens is 387 g/mol. The van der Waals surface area contributed by atoms with Gasteiger partial charge in [0.1, 0.15) is 18.0 Å². The fourth-order valence-electron chi connectivity index (χ4n) is 4.31. The highest BCUT2D eigenvalue weighted by atomic mass is 19.1. The summed E-state index contributed by atoms with van der Waals surface area (Å²) < 4.78 is 28.1. The van der Waals surface area contributed by atoms with E-state index in [-0.39, 0.29) is 24.1 Å². The van der Waals surface area contributed by atoms with Crippen LogP contribution in [0.15, 0.2) is 31.2 Å². The predicted octanol–water partition coefficient (Wildman–Crippen LogP) is 2.53. The molecule has 0 unspecified atom stereocenters. The van der Waals surface area contributed by atoms with E-state index >= 15 is 0 Å². The fourth-order valence-corrected chi connectivity index (χ4v) is 4.31. The highest BCUT2D eigenvalue weighted by Crippen LogP contribution is 2.43. The van der Waals surface area contributed by atoms with Crippen LogP contribution in [0.25, 0.3) is 11.3 Å². The Morgan fingerprint density at radius 3 is 3.00 bits per heavy atom. The van der Waals surface area contributed by atoms with Gasteiger partial charge in [-0.2, -0.15) is 5.10 Å². The van der Waals surface area contributed by atoms with E-state index in [2.05, 4.69) is 26.9 Å². The Morgan fingerprint density at radius 2 is 2.17 bits per heavy atom. The summed E-state index contributed by atoms with van der Waals surface area (Å²) in [6.07, 6.45) is 6.66. The number of ether oxygens (including phenoxy) is 2. The van der Waals surface area contributed by atoms with Crippen LogP contribution in [0, 0.1) is 5.82 Å². The van der Waals surface area contributed by atoms with E-state index in [1.807, 2.05) is 13.1 Å². The van der Waals surface area contributed by atoms with Crippen molar-refractivity contribution < 1.29 is 13.9 Å². The third-order valence-corrected chi connectivity index (χ3v) is 6.04. The van der Waals surface area contributed by atoms with E-state index < -0.39 is 0 Å². The minimum Gasteiger partial charge on any atom is -0.483 e. The molecule has 1 N–H and O–H groups in total. The minimum absolute atomic E-state index is 0.0870. The number of halogens is 1. The van der Waals surface area contributed by atoms with Gasteiger partial charge in [-0.3, -0.25) is 0 Å². The van der Waals surface area contributed by atoms with Gasteiger partial charge in [-0.05, 0) is 25.8 Å². The molecule has 0 amide bonds. The molecule has 3 aromatic heterocycles. The van der Waals surface area contributed by atoms with Gasteiger partial charge in [-0.15, -0.1) is 0 Å². The van der Waals surface area contributed by atoms with Crippen LogP contribution in [0.3, 0.4) is 0 Å². The molecule has 5 heterocycles. The second-order valence-electron chi connectivity index (χ2n) is 8.09. The van der Waals surface area contributed by atoms with Gasteiger partial charge in [-0.1, -0.05) is 6.58 Å². The van der Waals surface area contributed by atoms with Gasteiger partial charge < -0.3 is 19.7 Å². The van der Waals surface area contributed by atoms with Crippen LogP contribution in [-0.2, 0) is 6.54 Å². The molecule has 0 radical (unpaired) electrons. The summed E-state index contributed by atoms with van der Waals surface area (Å²) in [4.78, 5) is 11.3. The molecule has 1 aliphatic carbocycles. The zero-order valence-corrected chi connectivity index (χ0v) is 16.5. The van der Waals surface area contributed by atoms with Crippen molar-refractivity contribution in [2.24, 2.45) is 0 Å². The number of pyridine rings is 1. The molecule has 1 saturated carbocycles. The number of rotatable bonds is 0. The zero-order chi connectivity index (χ0) is 20.4. The number of aromatic nitrogens is 4. The van der Waals surface area contributed by atoms with Crippen molar-refractivity contribution in [3.63, 3.8) is 0 Å². The topological polar surface area (TPSA) is 76.8 Å². The number of fused-ring (bicyclic) bond motifs is 3. The molecule has 0 saturated heterocycles. The van der Waals surface area contributed by atoms with Crippen LogP contribution in [0.1, 0.15) is 30.9 Å². The first-order chi connectivity index (χ1) is 14.6. The molecule has 1 fully saturated rings. The molecule has 0 aromatic carbocycles. The van der Waals surface area contributed by atoms with Crippen LogP contribution in [0.2, 0.25) is 0 Å². The van der Waals surface area contributed by atoms with E-state index in [0.717, 1.165) is 24.2 Å². The van der Waals surface area contributed by atoms with Gasteiger partial charge in [-0.25, -0.2) is 18.9 Å². The van der Waals surface area contributed by atoms with Gasteiger partial charge in [0.05, 0.1) is 43.3 Å². The molecule has 8 nitrogen and oxygen atoms in total. The number of nitrogens with one attached hydrogen (secondary N) is 1. The Morgan fingerprint density at radius 1 is 1.27 bits per heavy atom. The van der Waals surface area contributed by atoms with Gasteiger partial charge in [0.2, 0.25) is 5.88 Å². The van der Waals surface area contributed by atoms with Crippen molar-refractivity contribution in [1.82, 2.24) is 24.9 Å². The maximum absolute atomic E-state index is 14.1. The van der Waals surface area contributed by atoms with E-state index in [9.17, 15) is 4.39 Å². The number of anilines is 1. The summed E-state index contributed by atoms with van der Waals surface area (Å²) in [5.74, 6) is 1.44. The lowest BCUT2D eigenvalue weighted by atomic mass is 9.86. The molecule has 0 spiro atoms. The lowest BCUT2D eigenvalue weighted by Crippen LogP contribution is -2.56. The summed E-state index contributed by atoms with van der Waals surface area (Å²) in [6, 6.07) is 1.67. The highest BCUT2D eigenvalue weighted by Gasteiger charge is 2.44. The number of hydrogen-bond acceptors (Lipinski definition) is 7. The lowest BCUT2D eigenvalue weighted by Gasteiger charge is -2.48. The van der Waals surface area contributed by atoms with Crippen molar-refractivity contribution in [3.05, 3.63) is 48.2 Å². The lowest BCUT2D eigenvalue weighted by molar-refractivity contribution is 0.0714. The molecule has 2 aliphatic heterocycles. The first kappa shape index (κ1) is 17.5. The molecule has 9 heteroatoms. The first-order valence-corrected chi connectivity index (χ1v) is 10.1. The SMILES string of the molecule is C=C1NC[C@H](C)Oc2ncc(F)cc2CN2c3nc4c1cnn4cc3O[C@@H]1CC[C@@H]12. The van der Waals surface area contributed by atoms with E-state index in [1.165, 1.54) is 12.3 Å². The Labute approximate surface area is 172 Å². The van der Waals surface area contributed by atoms with Crippen molar-refractivity contribution >= 4 is 17.2 Å². The third-order valence-electron chi connectivity index (χ3n) is 6.04. The smallest absolute Gasteiger partial charge is 0.218 e. The molecule has 30 heavy (non-hydrogen) atoms. The van der Waals surface area contributed by atoms with Crippen LogP contribution < -0.4 is 19.7 Å². The Balaban J connectivity index is 1.55. The van der Waals surface area contributed by atoms with Crippen molar-refractivity contribution in [1.29, 1.82) is 0 Å². The van der Waals surface area contributed by atoms with Gasteiger partial charge >= 0.3 is 0 Å². The summed E-state index contributed by atoms with van der Waals surface area (Å²) in [5, 5.41) is 7.72. The monoisotopic (exact) mass is 408 g/mol. The predicted molar refractivity (Wildman–Crippen MR) is 108 cm³/mol. The minimum atomic E-state index is -0.388. The van der Waals surface area contributed by atoms with Crippen LogP contribution in [0.5, 0.6) is 11.6 Å². The molecular formula is C21H21FN6O2. The fraction of sp³-hybridized carbons (Fsp3) is 0.381. The average molecular weight is 408 g/mol. The standard InChI is InChI=1S/C21H21FN6O2/c1-11-6-23-12(2)15-8-25-28-10-18-20(26-19(15)28)27(16-3-4-17(16)30-18)9-13-5-14(22)7-24-21(13)29-11/h5,7-8,10-11,16-17,23H,2-4,6,9H2,1H3/t11-,16-,17+/m0/s1. The van der Waals surface area contributed by atoms with Crippen molar-refractivity contribution in [2.45, 2.75) is 44.6 Å². The number of nitrogens with zero attached hydrogens (tertiary/aromatic N) is 5. The summed E-state index contributed by atoms with van der Waals surface area (Å²) in [6.45, 7) is 7.04. The summed E-state index contributed by atoms with van der Waals surface area (Å²) in [7, 11) is 0. The largest absolute Gasteiger partial charge is 0.483 e. The zero-order valence-electron chi connectivity index (χ0n) is 16.5. The second-order valence-corrected chi connectivity index (χ2v) is 8.09. The summed E-state index contributed by atoms with van der Waals surface area (Å²) in [5.41, 5.74) is 2.92. The van der Waals surface area contributed by atoms with Gasteiger partial charge in [0.15, 0.2) is 17.2 Å². The molecule has 154 valence electrons. The molecule has 3 aromatic rings. The van der Waals surface area contributed by atoms with Crippen LogP contribution in [0.4, 0.5) is 10.2 Å².